The molecule has 0 amide bonds. The molecule has 0 aliphatic carbocycles. The maximum atomic E-state index is 12.5. The quantitative estimate of drug-likeness (QED) is 0.781. The minimum absolute atomic E-state index is 0.178. The van der Waals surface area contributed by atoms with Gasteiger partial charge in [-0.25, -0.2) is 8.42 Å². The highest BCUT2D eigenvalue weighted by Gasteiger charge is 2.33. The second-order valence-corrected chi connectivity index (χ2v) is 6.93. The predicted octanol–water partition coefficient (Wildman–Crippen LogP) is 2.12. The number of hydrogen-bond acceptors (Lipinski definition) is 3. The molecule has 7 heteroatoms. The number of sulfonamides is 1. The number of benzene rings is 1. The highest BCUT2D eigenvalue weighted by Crippen LogP contribution is 2.23. The second kappa shape index (κ2) is 5.88. The summed E-state index contributed by atoms with van der Waals surface area (Å²) in [5.74, 6) is 0. The van der Waals surface area contributed by atoms with Gasteiger partial charge in [-0.1, -0.05) is 33.6 Å². The van der Waals surface area contributed by atoms with E-state index in [4.69, 9.17) is 16.3 Å². The molecule has 18 heavy (non-hydrogen) atoms. The largest absolute Gasteiger partial charge is 0.378 e. The predicted molar refractivity (Wildman–Crippen MR) is 73.7 cm³/mol. The molecule has 0 spiro atoms. The van der Waals surface area contributed by atoms with Crippen LogP contribution in [-0.4, -0.2) is 43.9 Å². The van der Waals surface area contributed by atoms with E-state index in [1.54, 1.807) is 18.2 Å². The van der Waals surface area contributed by atoms with E-state index >= 15 is 0 Å². The summed E-state index contributed by atoms with van der Waals surface area (Å²) in [4.78, 5) is 0.225. The Morgan fingerprint density at radius 2 is 2.28 bits per heavy atom. The lowest BCUT2D eigenvalue weighted by molar-refractivity contribution is 0.0413. The van der Waals surface area contributed by atoms with Gasteiger partial charge in [-0.2, -0.15) is 4.31 Å². The zero-order chi connectivity index (χ0) is 13.2. The van der Waals surface area contributed by atoms with Crippen LogP contribution in [0.1, 0.15) is 0 Å². The molecule has 0 aromatic heterocycles. The molecule has 1 aromatic carbocycles. The summed E-state index contributed by atoms with van der Waals surface area (Å²) >= 11 is 9.16. The van der Waals surface area contributed by atoms with Crippen LogP contribution in [-0.2, 0) is 14.8 Å². The zero-order valence-corrected chi connectivity index (χ0v) is 12.7. The molecule has 1 atom stereocenters. The number of ether oxygens (including phenoxy) is 1. The van der Waals surface area contributed by atoms with Gasteiger partial charge < -0.3 is 4.74 Å². The van der Waals surface area contributed by atoms with Gasteiger partial charge in [-0.05, 0) is 18.2 Å². The van der Waals surface area contributed by atoms with E-state index in [1.165, 1.54) is 10.4 Å². The van der Waals surface area contributed by atoms with Crippen LogP contribution in [0.5, 0.6) is 0 Å². The summed E-state index contributed by atoms with van der Waals surface area (Å²) in [6.45, 7) is 1.19. The van der Waals surface area contributed by atoms with E-state index in [1.807, 2.05) is 0 Å². The molecule has 1 aliphatic heterocycles. The van der Waals surface area contributed by atoms with Crippen LogP contribution in [0, 0.1) is 0 Å². The molecule has 1 saturated heterocycles. The van der Waals surface area contributed by atoms with Crippen LogP contribution in [0.4, 0.5) is 0 Å². The van der Waals surface area contributed by atoms with Gasteiger partial charge in [0.05, 0.1) is 24.2 Å². The highest BCUT2D eigenvalue weighted by molar-refractivity contribution is 9.09. The number of morpholine rings is 1. The molecule has 1 aromatic rings. The summed E-state index contributed by atoms with van der Waals surface area (Å²) in [7, 11) is -3.51. The lowest BCUT2D eigenvalue weighted by atomic mass is 10.3. The van der Waals surface area contributed by atoms with E-state index in [0.29, 0.717) is 30.1 Å². The standard InChI is InChI=1S/C11H13BrClNO3S/c12-7-10-8-17-5-4-14(10)18(15,16)11-3-1-2-9(13)6-11/h1-3,6,10H,4-5,7-8H2. The average molecular weight is 355 g/mol. The number of hydrogen-bond donors (Lipinski definition) is 0. The Morgan fingerprint density at radius 1 is 1.50 bits per heavy atom. The van der Waals surface area contributed by atoms with Crippen molar-refractivity contribution in [3.63, 3.8) is 0 Å². The van der Waals surface area contributed by atoms with Gasteiger partial charge in [-0.15, -0.1) is 0 Å². The molecule has 0 bridgehead atoms. The van der Waals surface area contributed by atoms with Crippen LogP contribution >= 0.6 is 27.5 Å². The summed E-state index contributed by atoms with van der Waals surface area (Å²) in [6, 6.07) is 6.14. The smallest absolute Gasteiger partial charge is 0.243 e. The van der Waals surface area contributed by atoms with Crippen molar-refractivity contribution in [2.24, 2.45) is 0 Å². The highest BCUT2D eigenvalue weighted by atomic mass is 79.9. The first-order chi connectivity index (χ1) is 8.55. The molecule has 0 saturated carbocycles. The minimum atomic E-state index is -3.51. The molecular formula is C11H13BrClNO3S. The maximum Gasteiger partial charge on any atom is 0.243 e. The number of halogens is 2. The number of nitrogens with zero attached hydrogens (tertiary/aromatic N) is 1. The molecule has 1 fully saturated rings. The SMILES string of the molecule is O=S(=O)(c1cccc(Cl)c1)N1CCOCC1CBr. The first-order valence-electron chi connectivity index (χ1n) is 5.47. The summed E-state index contributed by atoms with van der Waals surface area (Å²) < 4.78 is 31.8. The molecule has 0 N–H and O–H groups in total. The van der Waals surface area contributed by atoms with Gasteiger partial charge >= 0.3 is 0 Å². The van der Waals surface area contributed by atoms with Crippen molar-refractivity contribution in [1.82, 2.24) is 4.31 Å². The Balaban J connectivity index is 2.35. The van der Waals surface area contributed by atoms with Crippen molar-refractivity contribution in [2.45, 2.75) is 10.9 Å². The monoisotopic (exact) mass is 353 g/mol. The van der Waals surface area contributed by atoms with E-state index < -0.39 is 10.0 Å². The van der Waals surface area contributed by atoms with Crippen molar-refractivity contribution in [3.8, 4) is 0 Å². The zero-order valence-electron chi connectivity index (χ0n) is 9.55. The van der Waals surface area contributed by atoms with Gasteiger partial charge in [0.25, 0.3) is 0 Å². The Labute approximate surface area is 120 Å². The van der Waals surface area contributed by atoms with Crippen LogP contribution in [0.3, 0.4) is 0 Å². The Morgan fingerprint density at radius 3 is 2.94 bits per heavy atom. The third kappa shape index (κ3) is 2.88. The van der Waals surface area contributed by atoms with E-state index in [0.717, 1.165) is 0 Å². The van der Waals surface area contributed by atoms with Crippen LogP contribution < -0.4 is 0 Å². The van der Waals surface area contributed by atoms with Gasteiger partial charge in [-0.3, -0.25) is 0 Å². The molecule has 1 heterocycles. The van der Waals surface area contributed by atoms with Crippen LogP contribution in [0.25, 0.3) is 0 Å². The van der Waals surface area contributed by atoms with Gasteiger partial charge in [0, 0.05) is 16.9 Å². The minimum Gasteiger partial charge on any atom is -0.378 e. The van der Waals surface area contributed by atoms with Gasteiger partial charge in [0.1, 0.15) is 0 Å². The molecule has 100 valence electrons. The van der Waals surface area contributed by atoms with Crippen molar-refractivity contribution >= 4 is 37.6 Å². The normalized spacial score (nSPS) is 22.0. The van der Waals surface area contributed by atoms with E-state index in [2.05, 4.69) is 15.9 Å². The van der Waals surface area contributed by atoms with E-state index in [9.17, 15) is 8.42 Å². The molecular weight excluding hydrogens is 342 g/mol. The van der Waals surface area contributed by atoms with Crippen LogP contribution in [0.15, 0.2) is 29.2 Å². The summed E-state index contributed by atoms with van der Waals surface area (Å²) in [5, 5.41) is 0.965. The second-order valence-electron chi connectivity index (χ2n) is 3.96. The molecule has 1 unspecified atom stereocenters. The fourth-order valence-electron chi connectivity index (χ4n) is 1.84. The van der Waals surface area contributed by atoms with Crippen molar-refractivity contribution < 1.29 is 13.2 Å². The van der Waals surface area contributed by atoms with Gasteiger partial charge in [0.2, 0.25) is 10.0 Å². The number of alkyl halides is 1. The molecule has 4 nitrogen and oxygen atoms in total. The molecule has 2 rings (SSSR count). The summed E-state index contributed by atoms with van der Waals surface area (Å²) in [5.41, 5.74) is 0. The summed E-state index contributed by atoms with van der Waals surface area (Å²) in [6.07, 6.45) is 0. The maximum absolute atomic E-state index is 12.5. The van der Waals surface area contributed by atoms with Gasteiger partial charge in [0.15, 0.2) is 0 Å². The fourth-order valence-corrected chi connectivity index (χ4v) is 4.46. The number of rotatable bonds is 3. The van der Waals surface area contributed by atoms with Crippen molar-refractivity contribution in [3.05, 3.63) is 29.3 Å². The van der Waals surface area contributed by atoms with E-state index in [-0.39, 0.29) is 10.9 Å². The Bertz CT molecular complexity index is 523. The topological polar surface area (TPSA) is 46.6 Å². The lowest BCUT2D eigenvalue weighted by Crippen LogP contribution is -2.49. The first kappa shape index (κ1) is 14.3. The Kier molecular flexibility index (Phi) is 4.66. The average Bonchev–Trinajstić information content (AvgIpc) is 2.38. The van der Waals surface area contributed by atoms with Crippen LogP contribution in [0.2, 0.25) is 5.02 Å². The first-order valence-corrected chi connectivity index (χ1v) is 8.41. The third-order valence-corrected chi connectivity index (χ3v) is 5.68. The van der Waals surface area contributed by atoms with Crippen molar-refractivity contribution in [2.75, 3.05) is 25.1 Å². The third-order valence-electron chi connectivity index (χ3n) is 2.75. The molecule has 0 radical (unpaired) electrons. The van der Waals surface area contributed by atoms with Crippen molar-refractivity contribution in [1.29, 1.82) is 0 Å². The lowest BCUT2D eigenvalue weighted by Gasteiger charge is -2.33. The Hall–Kier alpha value is -0.140. The fraction of sp³-hybridized carbons (Fsp3) is 0.455. The molecule has 1 aliphatic rings.